The number of halogens is 2. The van der Waals surface area contributed by atoms with E-state index in [0.717, 1.165) is 0 Å². The minimum absolute atomic E-state index is 0.0272. The normalized spacial score (nSPS) is 28.2. The molecule has 25 heavy (non-hydrogen) atoms. The standard InChI is InChI=1S/C15H20BrFN2O4S2/c16-10-13-9-12(14-3-1-2-4-15(14)17)11-19(13)25(22,23)18-5-7-24(20,21)8-6-18/h1-4,12-13H,5-11H2/t12-,13-/m0/s1. The summed E-state index contributed by atoms with van der Waals surface area (Å²) < 4.78 is 65.7. The first-order valence-electron chi connectivity index (χ1n) is 8.02. The zero-order chi connectivity index (χ0) is 18.2. The maximum Gasteiger partial charge on any atom is 0.282 e. The summed E-state index contributed by atoms with van der Waals surface area (Å²) in [6, 6.07) is 6.14. The molecule has 0 bridgehead atoms. The minimum atomic E-state index is -3.78. The van der Waals surface area contributed by atoms with Crippen LogP contribution in [0.5, 0.6) is 0 Å². The number of benzene rings is 1. The average Bonchev–Trinajstić information content (AvgIpc) is 3.00. The highest BCUT2D eigenvalue weighted by Crippen LogP contribution is 2.36. The smallest absolute Gasteiger partial charge is 0.229 e. The first-order valence-corrected chi connectivity index (χ1v) is 12.4. The number of rotatable bonds is 4. The van der Waals surface area contributed by atoms with Crippen LogP contribution in [0.4, 0.5) is 4.39 Å². The van der Waals surface area contributed by atoms with Gasteiger partial charge in [0.05, 0.1) is 11.5 Å². The third-order valence-electron chi connectivity index (χ3n) is 4.81. The van der Waals surface area contributed by atoms with Gasteiger partial charge in [-0.3, -0.25) is 0 Å². The van der Waals surface area contributed by atoms with E-state index in [9.17, 15) is 21.2 Å². The van der Waals surface area contributed by atoms with E-state index in [1.807, 2.05) is 0 Å². The van der Waals surface area contributed by atoms with Crippen molar-refractivity contribution in [2.45, 2.75) is 18.4 Å². The van der Waals surface area contributed by atoms with Crippen molar-refractivity contribution < 1.29 is 21.2 Å². The molecule has 0 N–H and O–H groups in total. The molecule has 2 fully saturated rings. The fraction of sp³-hybridized carbons (Fsp3) is 0.600. The monoisotopic (exact) mass is 454 g/mol. The highest BCUT2D eigenvalue weighted by molar-refractivity contribution is 9.09. The molecule has 2 aliphatic heterocycles. The molecule has 1 aromatic carbocycles. The quantitative estimate of drug-likeness (QED) is 0.643. The minimum Gasteiger partial charge on any atom is -0.229 e. The van der Waals surface area contributed by atoms with Gasteiger partial charge in [-0.15, -0.1) is 0 Å². The third kappa shape index (κ3) is 3.92. The van der Waals surface area contributed by atoms with Crippen LogP contribution < -0.4 is 0 Å². The Hall–Kier alpha value is -0.550. The highest BCUT2D eigenvalue weighted by atomic mass is 79.9. The van der Waals surface area contributed by atoms with Gasteiger partial charge in [0, 0.05) is 36.9 Å². The summed E-state index contributed by atoms with van der Waals surface area (Å²) >= 11 is 3.36. The van der Waals surface area contributed by atoms with E-state index in [0.29, 0.717) is 17.3 Å². The summed E-state index contributed by atoms with van der Waals surface area (Å²) in [5.41, 5.74) is 0.521. The molecule has 0 radical (unpaired) electrons. The van der Waals surface area contributed by atoms with Crippen molar-refractivity contribution in [3.05, 3.63) is 35.6 Å². The molecule has 0 aromatic heterocycles. The number of alkyl halides is 1. The van der Waals surface area contributed by atoms with Gasteiger partial charge in [-0.05, 0) is 18.1 Å². The largest absolute Gasteiger partial charge is 0.282 e. The lowest BCUT2D eigenvalue weighted by molar-refractivity contribution is 0.343. The second-order valence-corrected chi connectivity index (χ2v) is 11.2. The van der Waals surface area contributed by atoms with Gasteiger partial charge in [0.25, 0.3) is 10.2 Å². The van der Waals surface area contributed by atoms with Gasteiger partial charge >= 0.3 is 0 Å². The van der Waals surface area contributed by atoms with Crippen LogP contribution in [0.25, 0.3) is 0 Å². The molecule has 2 aliphatic rings. The van der Waals surface area contributed by atoms with Crippen LogP contribution in [0.15, 0.2) is 24.3 Å². The van der Waals surface area contributed by atoms with Crippen LogP contribution in [0.2, 0.25) is 0 Å². The van der Waals surface area contributed by atoms with E-state index in [1.165, 1.54) is 14.7 Å². The zero-order valence-corrected chi connectivity index (χ0v) is 16.7. The molecular weight excluding hydrogens is 435 g/mol. The molecule has 2 atom stereocenters. The summed E-state index contributed by atoms with van der Waals surface area (Å²) in [4.78, 5) is 0. The molecule has 6 nitrogen and oxygen atoms in total. The van der Waals surface area contributed by atoms with Crippen molar-refractivity contribution in [1.29, 1.82) is 0 Å². The van der Waals surface area contributed by atoms with Crippen molar-refractivity contribution in [2.24, 2.45) is 0 Å². The molecule has 10 heteroatoms. The number of hydrogen-bond acceptors (Lipinski definition) is 4. The summed E-state index contributed by atoms with van der Waals surface area (Å²) in [6.07, 6.45) is 0.525. The van der Waals surface area contributed by atoms with E-state index in [1.54, 1.807) is 18.2 Å². The second-order valence-electron chi connectivity index (χ2n) is 6.39. The lowest BCUT2D eigenvalue weighted by Crippen LogP contribution is -2.51. The van der Waals surface area contributed by atoms with Gasteiger partial charge in [-0.2, -0.15) is 17.0 Å². The third-order valence-corrected chi connectivity index (χ3v) is 9.23. The SMILES string of the molecule is O=S1(=O)CCN(S(=O)(=O)N2C[C@@H](c3ccccc3F)C[C@H]2CBr)CC1. The Kier molecular flexibility index (Phi) is 5.55. The van der Waals surface area contributed by atoms with Crippen molar-refractivity contribution in [1.82, 2.24) is 8.61 Å². The molecule has 0 unspecified atom stereocenters. The van der Waals surface area contributed by atoms with Gasteiger partial charge in [0.1, 0.15) is 5.82 Å². The summed E-state index contributed by atoms with van der Waals surface area (Å²) in [5.74, 6) is -0.859. The lowest BCUT2D eigenvalue weighted by atomic mass is 9.96. The Bertz CT molecular complexity index is 833. The van der Waals surface area contributed by atoms with Gasteiger partial charge < -0.3 is 0 Å². The summed E-state index contributed by atoms with van der Waals surface area (Å²) in [5, 5.41) is 0.448. The fourth-order valence-corrected chi connectivity index (χ4v) is 7.50. The Morgan fingerprint density at radius 2 is 1.84 bits per heavy atom. The molecule has 1 aromatic rings. The first-order chi connectivity index (χ1) is 11.7. The van der Waals surface area contributed by atoms with E-state index in [-0.39, 0.29) is 48.9 Å². The Morgan fingerprint density at radius 3 is 2.44 bits per heavy atom. The van der Waals surface area contributed by atoms with Crippen LogP contribution in [0.3, 0.4) is 0 Å². The molecule has 0 spiro atoms. The number of hydrogen-bond donors (Lipinski definition) is 0. The molecule has 3 rings (SSSR count). The first kappa shape index (κ1) is 19.2. The van der Waals surface area contributed by atoms with Crippen LogP contribution in [0.1, 0.15) is 17.9 Å². The van der Waals surface area contributed by atoms with E-state index >= 15 is 0 Å². The van der Waals surface area contributed by atoms with Crippen molar-refractivity contribution in [3.63, 3.8) is 0 Å². The molecular formula is C15H20BrFN2O4S2. The van der Waals surface area contributed by atoms with Crippen LogP contribution in [0, 0.1) is 5.82 Å². The van der Waals surface area contributed by atoms with Crippen LogP contribution in [-0.2, 0) is 20.0 Å². The maximum atomic E-state index is 14.1. The number of sulfone groups is 1. The van der Waals surface area contributed by atoms with Gasteiger partial charge in [0.15, 0.2) is 9.84 Å². The fourth-order valence-electron chi connectivity index (χ4n) is 3.42. The second kappa shape index (κ2) is 7.22. The van der Waals surface area contributed by atoms with E-state index in [4.69, 9.17) is 0 Å². The predicted octanol–water partition coefficient (Wildman–Crippen LogP) is 1.35. The topological polar surface area (TPSA) is 74.8 Å². The highest BCUT2D eigenvalue weighted by Gasteiger charge is 2.43. The summed E-state index contributed by atoms with van der Waals surface area (Å²) in [7, 11) is -6.94. The van der Waals surface area contributed by atoms with Crippen LogP contribution in [-0.4, -0.2) is 68.0 Å². The van der Waals surface area contributed by atoms with E-state index in [2.05, 4.69) is 15.9 Å². The molecule has 2 saturated heterocycles. The van der Waals surface area contributed by atoms with E-state index < -0.39 is 20.0 Å². The predicted molar refractivity (Wildman–Crippen MR) is 97.2 cm³/mol. The van der Waals surface area contributed by atoms with Gasteiger partial charge in [-0.25, -0.2) is 12.8 Å². The molecule has 0 amide bonds. The molecule has 0 saturated carbocycles. The zero-order valence-electron chi connectivity index (χ0n) is 13.5. The average molecular weight is 455 g/mol. The summed E-state index contributed by atoms with van der Waals surface area (Å²) in [6.45, 7) is 0.143. The van der Waals surface area contributed by atoms with Crippen molar-refractivity contribution in [3.8, 4) is 0 Å². The van der Waals surface area contributed by atoms with Gasteiger partial charge in [-0.1, -0.05) is 34.1 Å². The number of nitrogens with zero attached hydrogens (tertiary/aromatic N) is 2. The van der Waals surface area contributed by atoms with Gasteiger partial charge in [0.2, 0.25) is 0 Å². The molecule has 140 valence electrons. The molecule has 2 heterocycles. The van der Waals surface area contributed by atoms with Crippen LogP contribution >= 0.6 is 15.9 Å². The van der Waals surface area contributed by atoms with Crippen molar-refractivity contribution >= 4 is 36.0 Å². The maximum absolute atomic E-state index is 14.1. The Balaban J connectivity index is 1.82. The Morgan fingerprint density at radius 1 is 1.20 bits per heavy atom. The lowest BCUT2D eigenvalue weighted by Gasteiger charge is -2.32. The van der Waals surface area contributed by atoms with Crippen molar-refractivity contribution in [2.75, 3.05) is 36.5 Å². The Labute approximate surface area is 156 Å². The molecule has 0 aliphatic carbocycles.